The number of rotatable bonds is 3. The van der Waals surface area contributed by atoms with E-state index < -0.39 is 18.3 Å². The Morgan fingerprint density at radius 1 is 1.33 bits per heavy atom. The first-order valence-electron chi connectivity index (χ1n) is 3.95. The van der Waals surface area contributed by atoms with E-state index in [0.29, 0.717) is 10.2 Å². The number of anilines is 1. The molecule has 0 atom stereocenters. The van der Waals surface area contributed by atoms with Crippen LogP contribution in [0.3, 0.4) is 0 Å². The minimum Gasteiger partial charge on any atom is -0.481 e. The Balaban J connectivity index is 2.72. The molecule has 0 aliphatic carbocycles. The molecule has 0 aliphatic heterocycles. The third-order valence-electron chi connectivity index (χ3n) is 1.52. The molecular formula is C9H7Br2NO3. The Bertz CT molecular complexity index is 406. The molecule has 6 heteroatoms. The lowest BCUT2D eigenvalue weighted by Crippen LogP contribution is -2.16. The van der Waals surface area contributed by atoms with Gasteiger partial charge < -0.3 is 10.4 Å². The summed E-state index contributed by atoms with van der Waals surface area (Å²) in [5, 5.41) is 10.9. The largest absolute Gasteiger partial charge is 0.481 e. The normalized spacial score (nSPS) is 9.73. The number of nitrogens with one attached hydrogen (secondary N) is 1. The lowest BCUT2D eigenvalue weighted by molar-refractivity contribution is -0.139. The fourth-order valence-corrected chi connectivity index (χ4v) is 2.07. The van der Waals surface area contributed by atoms with Gasteiger partial charge in [-0.15, -0.1) is 0 Å². The van der Waals surface area contributed by atoms with E-state index in [1.54, 1.807) is 18.2 Å². The zero-order valence-corrected chi connectivity index (χ0v) is 10.6. The highest BCUT2D eigenvalue weighted by Gasteiger charge is 2.09. The summed E-state index contributed by atoms with van der Waals surface area (Å²) in [6.45, 7) is 0. The van der Waals surface area contributed by atoms with Crippen molar-refractivity contribution in [2.45, 2.75) is 6.42 Å². The number of aliphatic carboxylic acids is 1. The fraction of sp³-hybridized carbons (Fsp3) is 0.111. The third-order valence-corrected chi connectivity index (χ3v) is 2.67. The second-order valence-corrected chi connectivity index (χ2v) is 4.51. The number of benzene rings is 1. The van der Waals surface area contributed by atoms with Crippen molar-refractivity contribution in [1.82, 2.24) is 0 Å². The summed E-state index contributed by atoms with van der Waals surface area (Å²) in [5.41, 5.74) is 0.546. The molecule has 0 aliphatic rings. The van der Waals surface area contributed by atoms with E-state index in [1.165, 1.54) is 0 Å². The molecule has 0 radical (unpaired) electrons. The molecule has 15 heavy (non-hydrogen) atoms. The highest BCUT2D eigenvalue weighted by atomic mass is 79.9. The molecule has 0 heterocycles. The van der Waals surface area contributed by atoms with Crippen molar-refractivity contribution in [2.75, 3.05) is 5.32 Å². The number of hydrogen-bond donors (Lipinski definition) is 2. The number of hydrogen-bond acceptors (Lipinski definition) is 2. The first-order valence-corrected chi connectivity index (χ1v) is 5.54. The van der Waals surface area contributed by atoms with Gasteiger partial charge in [-0.2, -0.15) is 0 Å². The molecule has 0 aromatic heterocycles. The fourth-order valence-electron chi connectivity index (χ4n) is 0.923. The van der Waals surface area contributed by atoms with Crippen molar-refractivity contribution < 1.29 is 14.7 Å². The molecule has 1 aromatic rings. The van der Waals surface area contributed by atoms with E-state index in [2.05, 4.69) is 37.2 Å². The van der Waals surface area contributed by atoms with E-state index in [9.17, 15) is 9.59 Å². The van der Waals surface area contributed by atoms with Crippen molar-refractivity contribution in [2.24, 2.45) is 0 Å². The van der Waals surface area contributed by atoms with E-state index >= 15 is 0 Å². The molecule has 1 aromatic carbocycles. The molecule has 0 saturated carbocycles. The lowest BCUT2D eigenvalue weighted by Gasteiger charge is -2.06. The standard InChI is InChI=1S/C9H7Br2NO3/c10-5-1-2-7(6(11)3-5)12-8(13)4-9(14)15/h1-3H,4H2,(H,12,13)(H,14,15). The maximum atomic E-state index is 11.1. The van der Waals surface area contributed by atoms with Crippen LogP contribution in [0, 0.1) is 0 Å². The number of carboxylic acid groups (broad SMARTS) is 1. The molecule has 0 saturated heterocycles. The van der Waals surface area contributed by atoms with Gasteiger partial charge in [0.05, 0.1) is 5.69 Å². The van der Waals surface area contributed by atoms with Gasteiger partial charge in [0.1, 0.15) is 6.42 Å². The highest BCUT2D eigenvalue weighted by molar-refractivity contribution is 9.11. The molecule has 4 nitrogen and oxygen atoms in total. The SMILES string of the molecule is O=C(O)CC(=O)Nc1ccc(Br)cc1Br. The van der Waals surface area contributed by atoms with Crippen LogP contribution >= 0.6 is 31.9 Å². The predicted molar refractivity (Wildman–Crippen MR) is 62.7 cm³/mol. The minimum atomic E-state index is -1.15. The van der Waals surface area contributed by atoms with Crippen LogP contribution in [-0.4, -0.2) is 17.0 Å². The molecule has 80 valence electrons. The van der Waals surface area contributed by atoms with Crippen LogP contribution in [0.2, 0.25) is 0 Å². The van der Waals surface area contributed by atoms with Crippen LogP contribution < -0.4 is 5.32 Å². The summed E-state index contributed by atoms with van der Waals surface area (Å²) in [5.74, 6) is -1.70. The second kappa shape index (κ2) is 5.27. The summed E-state index contributed by atoms with van der Waals surface area (Å²) in [7, 11) is 0. The van der Waals surface area contributed by atoms with Crippen LogP contribution in [0.15, 0.2) is 27.1 Å². The molecule has 0 spiro atoms. The Labute approximate surface area is 103 Å². The summed E-state index contributed by atoms with van der Waals surface area (Å²) in [4.78, 5) is 21.4. The smallest absolute Gasteiger partial charge is 0.312 e. The topological polar surface area (TPSA) is 66.4 Å². The average molecular weight is 337 g/mol. The maximum absolute atomic E-state index is 11.1. The zero-order valence-electron chi connectivity index (χ0n) is 7.46. The van der Waals surface area contributed by atoms with Gasteiger partial charge in [-0.05, 0) is 34.1 Å². The van der Waals surface area contributed by atoms with E-state index in [0.717, 1.165) is 4.47 Å². The van der Waals surface area contributed by atoms with Crippen LogP contribution in [0.5, 0.6) is 0 Å². The predicted octanol–water partition coefficient (Wildman–Crippen LogP) is 2.62. The first-order chi connectivity index (χ1) is 6.99. The quantitative estimate of drug-likeness (QED) is 0.834. The average Bonchev–Trinajstić information content (AvgIpc) is 2.08. The van der Waals surface area contributed by atoms with Crippen LogP contribution in [-0.2, 0) is 9.59 Å². The second-order valence-electron chi connectivity index (χ2n) is 2.74. The van der Waals surface area contributed by atoms with Crippen molar-refractivity contribution in [1.29, 1.82) is 0 Å². The Kier molecular flexibility index (Phi) is 4.28. The molecule has 0 fully saturated rings. The van der Waals surface area contributed by atoms with Gasteiger partial charge in [-0.1, -0.05) is 15.9 Å². The number of carbonyl (C=O) groups excluding carboxylic acids is 1. The van der Waals surface area contributed by atoms with Gasteiger partial charge in [0, 0.05) is 8.95 Å². The van der Waals surface area contributed by atoms with Gasteiger partial charge in [-0.25, -0.2) is 0 Å². The van der Waals surface area contributed by atoms with Crippen molar-refractivity contribution in [3.63, 3.8) is 0 Å². The molecular weight excluding hydrogens is 330 g/mol. The zero-order chi connectivity index (χ0) is 11.4. The van der Waals surface area contributed by atoms with Crippen molar-refractivity contribution >= 4 is 49.4 Å². The molecule has 1 rings (SSSR count). The van der Waals surface area contributed by atoms with Gasteiger partial charge >= 0.3 is 5.97 Å². The summed E-state index contributed by atoms with van der Waals surface area (Å²) < 4.78 is 1.56. The van der Waals surface area contributed by atoms with Crippen molar-refractivity contribution in [3.05, 3.63) is 27.1 Å². The number of amides is 1. The number of carboxylic acids is 1. The van der Waals surface area contributed by atoms with E-state index in [4.69, 9.17) is 5.11 Å². The van der Waals surface area contributed by atoms with E-state index in [1.807, 2.05) is 0 Å². The Morgan fingerprint density at radius 3 is 2.53 bits per heavy atom. The Morgan fingerprint density at radius 2 is 2.00 bits per heavy atom. The maximum Gasteiger partial charge on any atom is 0.312 e. The Hall–Kier alpha value is -0.880. The van der Waals surface area contributed by atoms with Gasteiger partial charge in [0.2, 0.25) is 5.91 Å². The van der Waals surface area contributed by atoms with Crippen LogP contribution in [0.25, 0.3) is 0 Å². The van der Waals surface area contributed by atoms with Crippen LogP contribution in [0.1, 0.15) is 6.42 Å². The van der Waals surface area contributed by atoms with E-state index in [-0.39, 0.29) is 0 Å². The first kappa shape index (κ1) is 12.2. The van der Waals surface area contributed by atoms with Gasteiger partial charge in [0.15, 0.2) is 0 Å². The molecule has 0 bridgehead atoms. The molecule has 0 unspecified atom stereocenters. The van der Waals surface area contributed by atoms with Gasteiger partial charge in [0.25, 0.3) is 0 Å². The lowest BCUT2D eigenvalue weighted by atomic mass is 10.3. The highest BCUT2D eigenvalue weighted by Crippen LogP contribution is 2.26. The molecule has 2 N–H and O–H groups in total. The number of carbonyl (C=O) groups is 2. The summed E-state index contributed by atoms with van der Waals surface area (Å²) >= 11 is 6.52. The summed E-state index contributed by atoms with van der Waals surface area (Å²) in [6, 6.07) is 5.19. The van der Waals surface area contributed by atoms with Gasteiger partial charge in [-0.3, -0.25) is 9.59 Å². The minimum absolute atomic E-state index is 0.539. The third kappa shape index (κ3) is 4.01. The van der Waals surface area contributed by atoms with Crippen molar-refractivity contribution in [3.8, 4) is 0 Å². The number of halogens is 2. The van der Waals surface area contributed by atoms with Crippen LogP contribution in [0.4, 0.5) is 5.69 Å². The summed E-state index contributed by atoms with van der Waals surface area (Å²) in [6.07, 6.45) is -0.539. The monoisotopic (exact) mass is 335 g/mol. The molecule has 1 amide bonds.